The second-order valence-electron chi connectivity index (χ2n) is 22.2. The maximum Gasteiger partial charge on any atom is 0.410 e. The van der Waals surface area contributed by atoms with E-state index in [-0.39, 0.29) is 31.3 Å². The third-order valence-electron chi connectivity index (χ3n) is 11.1. The zero-order valence-electron chi connectivity index (χ0n) is 41.9. The normalized spacial score (nSPS) is 30.3. The highest BCUT2D eigenvalue weighted by molar-refractivity contribution is 5.81. The van der Waals surface area contributed by atoms with Crippen LogP contribution in [-0.4, -0.2) is 192 Å². The van der Waals surface area contributed by atoms with Crippen LogP contribution in [0.15, 0.2) is 11.8 Å². The highest BCUT2D eigenvalue weighted by atomic mass is 16.7. The molecule has 2 aliphatic heterocycles. The van der Waals surface area contributed by atoms with E-state index >= 15 is 0 Å². The molecule has 1 aliphatic carbocycles. The number of rotatable bonds is 16. The van der Waals surface area contributed by atoms with Crippen molar-refractivity contribution >= 4 is 24.2 Å². The second kappa shape index (κ2) is 22.7. The summed E-state index contributed by atoms with van der Waals surface area (Å²) in [4.78, 5) is 56.2. The molecule has 1 unspecified atom stereocenters. The van der Waals surface area contributed by atoms with Gasteiger partial charge < -0.3 is 85.6 Å². The molecule has 12 atom stereocenters. The summed E-state index contributed by atoms with van der Waals surface area (Å²) in [6.45, 7) is 21.5. The lowest BCUT2D eigenvalue weighted by molar-refractivity contribution is -0.306. The maximum atomic E-state index is 13.8. The molecule has 2 fully saturated rings. The van der Waals surface area contributed by atoms with Crippen molar-refractivity contribution in [2.75, 3.05) is 53.9 Å². The predicted octanol–water partition coefficient (Wildman–Crippen LogP) is 1.29. The molecule has 0 radical (unpaired) electrons. The summed E-state index contributed by atoms with van der Waals surface area (Å²) in [5.74, 6) is -1.47. The van der Waals surface area contributed by atoms with Gasteiger partial charge in [0.25, 0.3) is 0 Å². The van der Waals surface area contributed by atoms with Crippen LogP contribution < -0.4 is 27.0 Å². The molecule has 3 rings (SSSR count). The fourth-order valence-corrected chi connectivity index (χ4v) is 8.66. The van der Waals surface area contributed by atoms with Crippen molar-refractivity contribution in [1.29, 1.82) is 0 Å². The molecule has 0 aromatic rings. The third kappa shape index (κ3) is 17.2. The largest absolute Gasteiger partial charge is 0.492 e. The van der Waals surface area contributed by atoms with Gasteiger partial charge in [0, 0.05) is 44.7 Å². The molecule has 2 heterocycles. The number of aliphatic hydroxyl groups is 4. The van der Waals surface area contributed by atoms with E-state index in [0.717, 1.165) is 11.4 Å². The number of nitrogens with two attached hydrogens (primary N) is 1. The number of carbonyl (C=O) groups excluding carboxylic acids is 4. The molecule has 382 valence electrons. The van der Waals surface area contributed by atoms with E-state index in [1.54, 1.807) is 62.3 Å². The number of likely N-dealkylation sites (N-methyl/N-ethyl adjacent to an activating group) is 1. The predicted molar refractivity (Wildman–Crippen MR) is 244 cm³/mol. The summed E-state index contributed by atoms with van der Waals surface area (Å²) in [6.07, 6.45) is -9.47. The summed E-state index contributed by atoms with van der Waals surface area (Å²) in [5.41, 5.74) is 1.49. The first-order chi connectivity index (χ1) is 30.1. The number of carbonyl (C=O) groups is 4. The number of nitrogens with zero attached hydrogens (tertiary/aromatic N) is 2. The number of ether oxygens (including phenoxy) is 6. The van der Waals surface area contributed by atoms with Crippen molar-refractivity contribution in [1.82, 2.24) is 31.1 Å². The summed E-state index contributed by atoms with van der Waals surface area (Å²) in [7, 11) is 5.32. The van der Waals surface area contributed by atoms with Gasteiger partial charge >= 0.3 is 18.3 Å². The van der Waals surface area contributed by atoms with E-state index in [0.29, 0.717) is 18.7 Å². The Morgan fingerprint density at radius 3 is 2.03 bits per heavy atom. The molecule has 1 saturated carbocycles. The number of amides is 4. The smallest absolute Gasteiger partial charge is 0.410 e. The van der Waals surface area contributed by atoms with Crippen LogP contribution in [0.3, 0.4) is 0 Å². The minimum absolute atomic E-state index is 0.0379. The van der Waals surface area contributed by atoms with Crippen LogP contribution in [0.5, 0.6) is 0 Å². The summed E-state index contributed by atoms with van der Waals surface area (Å²) in [5, 5.41) is 59.1. The first-order valence-electron chi connectivity index (χ1n) is 22.8. The van der Waals surface area contributed by atoms with Gasteiger partial charge in [-0.05, 0) is 114 Å². The molecule has 10 N–H and O–H groups in total. The average molecular weight is 946 g/mol. The van der Waals surface area contributed by atoms with E-state index in [1.807, 2.05) is 20.2 Å². The molecule has 1 saturated heterocycles. The van der Waals surface area contributed by atoms with Gasteiger partial charge in [0.1, 0.15) is 52.6 Å². The summed E-state index contributed by atoms with van der Waals surface area (Å²) < 4.78 is 35.5. The first kappa shape index (κ1) is 56.8. The Morgan fingerprint density at radius 2 is 1.47 bits per heavy atom. The van der Waals surface area contributed by atoms with Gasteiger partial charge in [0.05, 0.1) is 31.3 Å². The minimum Gasteiger partial charge on any atom is -0.492 e. The molecule has 66 heavy (non-hydrogen) atoms. The Balaban J connectivity index is 2.12. The number of nitrogens with one attached hydrogen (secondary N) is 4. The van der Waals surface area contributed by atoms with Crippen LogP contribution >= 0.6 is 0 Å². The Hall–Kier alpha value is -3.54. The van der Waals surface area contributed by atoms with Crippen LogP contribution in [0.4, 0.5) is 14.4 Å². The zero-order valence-corrected chi connectivity index (χ0v) is 41.9. The van der Waals surface area contributed by atoms with Crippen molar-refractivity contribution in [3.63, 3.8) is 0 Å². The van der Waals surface area contributed by atoms with Gasteiger partial charge in [-0.25, -0.2) is 14.4 Å². The third-order valence-corrected chi connectivity index (χ3v) is 11.1. The second-order valence-corrected chi connectivity index (χ2v) is 22.2. The van der Waals surface area contributed by atoms with Crippen LogP contribution in [0.2, 0.25) is 0 Å². The molecule has 21 heteroatoms. The molecule has 3 aliphatic rings. The molecule has 0 aromatic carbocycles. The van der Waals surface area contributed by atoms with Crippen LogP contribution in [-0.2, 0) is 33.2 Å². The van der Waals surface area contributed by atoms with E-state index < -0.39 is 120 Å². The standard InChI is InChI=1S/C45H83N7O14/c1-41(2,3)64-38(57)47-19-18-29(53)36(56)49-28-20-27(50-39(58)65-42(4,5)6)30(33-26(17-16-25(21-46)62-33)48-22-44(10,11)23-51(13)14)31(54)34(28)63-37-32(55)35(45(12,60)24-61-37)52(15)40(59)66-43(7,8)9/h16,26-35,37,48,53-55,60H,17-24,46H2,1-15H3,(H,47,57)(H,49,56)(H,50,58)/t26-,27+,28-,29+,30?,31+,32-,33+,34+,35-,37-,45+/m1/s1. The molecule has 0 spiro atoms. The lowest BCUT2D eigenvalue weighted by Crippen LogP contribution is -2.71. The van der Waals surface area contributed by atoms with Crippen molar-refractivity contribution in [2.24, 2.45) is 17.1 Å². The van der Waals surface area contributed by atoms with Crippen molar-refractivity contribution < 1.29 is 68.0 Å². The number of hydrogen-bond acceptors (Lipinski definition) is 17. The van der Waals surface area contributed by atoms with Crippen LogP contribution in [0.1, 0.15) is 102 Å². The zero-order chi connectivity index (χ0) is 50.3. The highest BCUT2D eigenvalue weighted by Crippen LogP contribution is 2.39. The fourth-order valence-electron chi connectivity index (χ4n) is 8.66. The van der Waals surface area contributed by atoms with E-state index in [4.69, 9.17) is 34.2 Å². The van der Waals surface area contributed by atoms with Crippen LogP contribution in [0, 0.1) is 11.3 Å². The van der Waals surface area contributed by atoms with E-state index in [2.05, 4.69) is 40.0 Å². The maximum absolute atomic E-state index is 13.8. The van der Waals surface area contributed by atoms with E-state index in [1.165, 1.54) is 14.0 Å². The molecule has 21 nitrogen and oxygen atoms in total. The fraction of sp³-hybridized carbons (Fsp3) is 0.867. The average Bonchev–Trinajstić information content (AvgIpc) is 3.13. The summed E-state index contributed by atoms with van der Waals surface area (Å²) >= 11 is 0. The molecule has 0 bridgehead atoms. The van der Waals surface area contributed by atoms with Crippen molar-refractivity contribution in [3.05, 3.63) is 11.8 Å². The Labute approximate surface area is 391 Å². The number of aliphatic hydroxyl groups excluding tert-OH is 3. The number of hydrogen-bond donors (Lipinski definition) is 9. The quantitative estimate of drug-likeness (QED) is 0.0986. The molecule has 0 aromatic heterocycles. The first-order valence-corrected chi connectivity index (χ1v) is 22.8. The molecular formula is C45H83N7O14. The topological polar surface area (TPSA) is 285 Å². The van der Waals surface area contributed by atoms with Gasteiger partial charge in [-0.15, -0.1) is 0 Å². The number of alkyl carbamates (subject to hydrolysis) is 2. The molecular weight excluding hydrogens is 863 g/mol. The monoisotopic (exact) mass is 946 g/mol. The minimum atomic E-state index is -1.81. The van der Waals surface area contributed by atoms with Crippen molar-refractivity contribution in [2.45, 2.75) is 186 Å². The van der Waals surface area contributed by atoms with Gasteiger partial charge in [-0.1, -0.05) is 13.8 Å². The lowest BCUT2D eigenvalue weighted by atomic mass is 9.72. The van der Waals surface area contributed by atoms with Gasteiger partial charge in [-0.3, -0.25) is 4.79 Å². The van der Waals surface area contributed by atoms with Gasteiger partial charge in [0.15, 0.2) is 6.29 Å². The highest BCUT2D eigenvalue weighted by Gasteiger charge is 2.56. The van der Waals surface area contributed by atoms with Gasteiger partial charge in [0.2, 0.25) is 5.91 Å². The summed E-state index contributed by atoms with van der Waals surface area (Å²) in [6, 6.07) is -4.00. The van der Waals surface area contributed by atoms with Crippen molar-refractivity contribution in [3.8, 4) is 0 Å². The lowest BCUT2D eigenvalue weighted by Gasteiger charge is -2.52. The Kier molecular flexibility index (Phi) is 19.5. The van der Waals surface area contributed by atoms with E-state index in [9.17, 15) is 39.6 Å². The Bertz CT molecular complexity index is 1660. The Morgan fingerprint density at radius 1 is 0.879 bits per heavy atom. The van der Waals surface area contributed by atoms with Crippen LogP contribution in [0.25, 0.3) is 0 Å². The SMILES string of the molecule is CN(C)CC(C)(C)CN[C@@H]1CC=C(CN)O[C@@H]1C1[C@@H](NC(=O)OC(C)(C)C)C[C@@H](NC(=O)[C@@H](O)CCNC(=O)OC(C)(C)C)[C@H](O[C@H]2OC[C@](C)(O)[C@H](N(C)C(=O)OC(C)(C)C)[C@H]2O)[C@H]1O. The van der Waals surface area contributed by atoms with Gasteiger partial charge in [-0.2, -0.15) is 0 Å². The molecule has 4 amide bonds.